The standard InChI is InChI=1S/C16H24N2O3/c1-16(20,14-5-3-2-4-6-14)13-17-8-7-15(19)18-9-11-21-12-10-18/h2-6,17,20H,7-13H2,1H3. The second-order valence-corrected chi connectivity index (χ2v) is 5.56. The smallest absolute Gasteiger partial charge is 0.224 e. The van der Waals surface area contributed by atoms with Gasteiger partial charge in [0.15, 0.2) is 0 Å². The summed E-state index contributed by atoms with van der Waals surface area (Å²) in [6.07, 6.45) is 0.449. The molecule has 1 atom stereocenters. The number of carbonyl (C=O) groups excluding carboxylic acids is 1. The first-order chi connectivity index (χ1) is 10.1. The van der Waals surface area contributed by atoms with Crippen molar-refractivity contribution in [2.45, 2.75) is 18.9 Å². The minimum atomic E-state index is -0.927. The molecule has 1 aliphatic rings. The Labute approximate surface area is 125 Å². The number of hydrogen-bond acceptors (Lipinski definition) is 4. The van der Waals surface area contributed by atoms with E-state index in [4.69, 9.17) is 4.74 Å². The first-order valence-electron chi connectivity index (χ1n) is 7.44. The molecule has 1 aromatic carbocycles. The molecule has 1 heterocycles. The van der Waals surface area contributed by atoms with E-state index in [1.165, 1.54) is 0 Å². The maximum Gasteiger partial charge on any atom is 0.224 e. The lowest BCUT2D eigenvalue weighted by molar-refractivity contribution is -0.135. The molecule has 2 rings (SSSR count). The van der Waals surface area contributed by atoms with E-state index in [2.05, 4.69) is 5.32 Å². The summed E-state index contributed by atoms with van der Waals surface area (Å²) in [5.74, 6) is 0.144. The molecule has 1 amide bonds. The highest BCUT2D eigenvalue weighted by Crippen LogP contribution is 2.18. The normalized spacial score (nSPS) is 18.3. The average Bonchev–Trinajstić information content (AvgIpc) is 2.53. The SMILES string of the molecule is CC(O)(CNCCC(=O)N1CCOCC1)c1ccccc1. The third-order valence-electron chi connectivity index (χ3n) is 3.74. The van der Waals surface area contributed by atoms with Crippen molar-refractivity contribution in [2.75, 3.05) is 39.4 Å². The maximum absolute atomic E-state index is 12.0. The van der Waals surface area contributed by atoms with Gasteiger partial charge in [-0.25, -0.2) is 0 Å². The van der Waals surface area contributed by atoms with Gasteiger partial charge in [0, 0.05) is 32.6 Å². The molecular weight excluding hydrogens is 268 g/mol. The van der Waals surface area contributed by atoms with E-state index in [9.17, 15) is 9.90 Å². The van der Waals surface area contributed by atoms with Crippen molar-refractivity contribution in [1.82, 2.24) is 10.2 Å². The van der Waals surface area contributed by atoms with Gasteiger partial charge in [0.1, 0.15) is 0 Å². The van der Waals surface area contributed by atoms with Crippen molar-refractivity contribution in [1.29, 1.82) is 0 Å². The molecule has 5 nitrogen and oxygen atoms in total. The molecule has 116 valence electrons. The van der Waals surface area contributed by atoms with Gasteiger partial charge in [0.05, 0.1) is 18.8 Å². The highest BCUT2D eigenvalue weighted by Gasteiger charge is 2.22. The fraction of sp³-hybridized carbons (Fsp3) is 0.562. The van der Waals surface area contributed by atoms with E-state index >= 15 is 0 Å². The third kappa shape index (κ3) is 4.81. The van der Waals surface area contributed by atoms with Gasteiger partial charge in [-0.3, -0.25) is 4.79 Å². The van der Waals surface area contributed by atoms with Gasteiger partial charge in [-0.2, -0.15) is 0 Å². The van der Waals surface area contributed by atoms with Gasteiger partial charge >= 0.3 is 0 Å². The summed E-state index contributed by atoms with van der Waals surface area (Å²) in [7, 11) is 0. The number of morpholine rings is 1. The van der Waals surface area contributed by atoms with Crippen molar-refractivity contribution in [3.05, 3.63) is 35.9 Å². The highest BCUT2D eigenvalue weighted by atomic mass is 16.5. The Morgan fingerprint density at radius 3 is 2.67 bits per heavy atom. The quantitative estimate of drug-likeness (QED) is 0.759. The third-order valence-corrected chi connectivity index (χ3v) is 3.74. The van der Waals surface area contributed by atoms with Crippen LogP contribution in [-0.4, -0.2) is 55.3 Å². The number of rotatable bonds is 6. The molecule has 0 aromatic heterocycles. The van der Waals surface area contributed by atoms with Crippen LogP contribution in [0, 0.1) is 0 Å². The number of hydrogen-bond donors (Lipinski definition) is 2. The van der Waals surface area contributed by atoms with E-state index in [-0.39, 0.29) is 5.91 Å². The summed E-state index contributed by atoms with van der Waals surface area (Å²) in [5, 5.41) is 13.6. The fourth-order valence-corrected chi connectivity index (χ4v) is 2.40. The van der Waals surface area contributed by atoms with E-state index < -0.39 is 5.60 Å². The molecule has 0 aliphatic carbocycles. The molecule has 1 aromatic rings. The van der Waals surface area contributed by atoms with Gasteiger partial charge in [-0.05, 0) is 12.5 Å². The van der Waals surface area contributed by atoms with Gasteiger partial charge in [-0.1, -0.05) is 30.3 Å². The molecule has 0 saturated carbocycles. The monoisotopic (exact) mass is 292 g/mol. The van der Waals surface area contributed by atoms with Gasteiger partial charge in [0.2, 0.25) is 5.91 Å². The Hall–Kier alpha value is -1.43. The number of benzene rings is 1. The summed E-state index contributed by atoms with van der Waals surface area (Å²) in [6.45, 7) is 5.39. The Balaban J connectivity index is 1.70. The molecule has 1 fully saturated rings. The molecule has 21 heavy (non-hydrogen) atoms. The first kappa shape index (κ1) is 15.9. The minimum absolute atomic E-state index is 0.144. The minimum Gasteiger partial charge on any atom is -0.384 e. The lowest BCUT2D eigenvalue weighted by atomic mass is 9.96. The van der Waals surface area contributed by atoms with Crippen LogP contribution in [0.4, 0.5) is 0 Å². The molecule has 0 radical (unpaired) electrons. The Bertz CT molecular complexity index is 442. The number of nitrogens with zero attached hydrogens (tertiary/aromatic N) is 1. The Kier molecular flexibility index (Phi) is 5.73. The van der Waals surface area contributed by atoms with Crippen LogP contribution in [-0.2, 0) is 15.1 Å². The second-order valence-electron chi connectivity index (χ2n) is 5.56. The lowest BCUT2D eigenvalue weighted by Gasteiger charge is -2.27. The topological polar surface area (TPSA) is 61.8 Å². The molecule has 2 N–H and O–H groups in total. The van der Waals surface area contributed by atoms with Gasteiger partial charge in [0.25, 0.3) is 0 Å². The summed E-state index contributed by atoms with van der Waals surface area (Å²) in [6, 6.07) is 9.55. The van der Waals surface area contributed by atoms with Crippen LogP contribution < -0.4 is 5.32 Å². The van der Waals surface area contributed by atoms with Gasteiger partial charge < -0.3 is 20.1 Å². The summed E-state index contributed by atoms with van der Waals surface area (Å²) < 4.78 is 5.23. The van der Waals surface area contributed by atoms with Crippen LogP contribution >= 0.6 is 0 Å². The Morgan fingerprint density at radius 1 is 1.33 bits per heavy atom. The number of ether oxygens (including phenoxy) is 1. The number of amides is 1. The van der Waals surface area contributed by atoms with Crippen molar-refractivity contribution in [3.8, 4) is 0 Å². The van der Waals surface area contributed by atoms with Crippen LogP contribution in [0.15, 0.2) is 30.3 Å². The molecule has 0 bridgehead atoms. The van der Waals surface area contributed by atoms with Crippen molar-refractivity contribution < 1.29 is 14.6 Å². The highest BCUT2D eigenvalue weighted by molar-refractivity contribution is 5.76. The zero-order chi connectivity index (χ0) is 15.1. The summed E-state index contributed by atoms with van der Waals surface area (Å²) >= 11 is 0. The predicted octanol–water partition coefficient (Wildman–Crippen LogP) is 0.733. The summed E-state index contributed by atoms with van der Waals surface area (Å²) in [4.78, 5) is 13.8. The zero-order valence-corrected chi connectivity index (χ0v) is 12.5. The molecule has 1 aliphatic heterocycles. The van der Waals surface area contributed by atoms with Crippen molar-refractivity contribution >= 4 is 5.91 Å². The lowest BCUT2D eigenvalue weighted by Crippen LogP contribution is -2.42. The number of aliphatic hydroxyl groups is 1. The zero-order valence-electron chi connectivity index (χ0n) is 12.5. The van der Waals surface area contributed by atoms with Crippen LogP contribution in [0.5, 0.6) is 0 Å². The second kappa shape index (κ2) is 7.54. The Morgan fingerprint density at radius 2 is 2.00 bits per heavy atom. The van der Waals surface area contributed by atoms with Gasteiger partial charge in [-0.15, -0.1) is 0 Å². The molecule has 0 spiro atoms. The van der Waals surface area contributed by atoms with E-state index in [0.717, 1.165) is 5.56 Å². The first-order valence-corrected chi connectivity index (χ1v) is 7.44. The van der Waals surface area contributed by atoms with Crippen LogP contribution in [0.25, 0.3) is 0 Å². The van der Waals surface area contributed by atoms with E-state index in [1.807, 2.05) is 35.2 Å². The molecule has 1 saturated heterocycles. The largest absolute Gasteiger partial charge is 0.384 e. The summed E-state index contributed by atoms with van der Waals surface area (Å²) in [5.41, 5.74) is -0.0551. The molecule has 1 unspecified atom stereocenters. The molecular formula is C16H24N2O3. The van der Waals surface area contributed by atoms with Crippen LogP contribution in [0.1, 0.15) is 18.9 Å². The fourth-order valence-electron chi connectivity index (χ4n) is 2.40. The van der Waals surface area contributed by atoms with Crippen LogP contribution in [0.2, 0.25) is 0 Å². The average molecular weight is 292 g/mol. The van der Waals surface area contributed by atoms with E-state index in [0.29, 0.717) is 45.8 Å². The van der Waals surface area contributed by atoms with Crippen molar-refractivity contribution in [3.63, 3.8) is 0 Å². The van der Waals surface area contributed by atoms with E-state index in [1.54, 1.807) is 6.92 Å². The molecule has 5 heteroatoms. The predicted molar refractivity (Wildman–Crippen MR) is 80.9 cm³/mol. The number of nitrogens with one attached hydrogen (secondary N) is 1. The van der Waals surface area contributed by atoms with Crippen LogP contribution in [0.3, 0.4) is 0 Å². The number of carbonyl (C=O) groups is 1. The maximum atomic E-state index is 12.0. The van der Waals surface area contributed by atoms with Crippen molar-refractivity contribution in [2.24, 2.45) is 0 Å².